The van der Waals surface area contributed by atoms with E-state index < -0.39 is 12.0 Å². The van der Waals surface area contributed by atoms with E-state index in [0.717, 1.165) is 49.9 Å². The molecule has 2 N–H and O–H groups in total. The highest BCUT2D eigenvalue weighted by Crippen LogP contribution is 2.27. The van der Waals surface area contributed by atoms with Crippen molar-refractivity contribution in [2.24, 2.45) is 4.99 Å². The molecular formula is C32H35N3O3. The minimum atomic E-state index is -0.982. The first-order valence-corrected chi connectivity index (χ1v) is 13.4. The highest BCUT2D eigenvalue weighted by atomic mass is 16.4. The summed E-state index contributed by atoms with van der Waals surface area (Å²) in [6.45, 7) is 1.60. The molecule has 4 rings (SSSR count). The number of carbonyl (C=O) groups is 2. The molecule has 1 fully saturated rings. The van der Waals surface area contributed by atoms with E-state index in [0.29, 0.717) is 30.7 Å². The summed E-state index contributed by atoms with van der Waals surface area (Å²) in [6.07, 6.45) is 16.5. The molecule has 0 radical (unpaired) electrons. The molecule has 2 aromatic rings. The third kappa shape index (κ3) is 7.08. The Morgan fingerprint density at radius 3 is 2.66 bits per heavy atom. The fraction of sp³-hybridized carbons (Fsp3) is 0.344. The molecule has 196 valence electrons. The van der Waals surface area contributed by atoms with Crippen LogP contribution in [0.3, 0.4) is 0 Å². The SMILES string of the molecule is C#CCCC[C@H](N=C(C1=CCCC=C1)c1ccccc1NC(=O)[C@H]1CCCN1Cc1ccccc1)C(=O)O. The van der Waals surface area contributed by atoms with Crippen LogP contribution in [0, 0.1) is 12.3 Å². The monoisotopic (exact) mass is 509 g/mol. The summed E-state index contributed by atoms with van der Waals surface area (Å²) < 4.78 is 0. The van der Waals surface area contributed by atoms with E-state index in [1.165, 1.54) is 5.56 Å². The summed E-state index contributed by atoms with van der Waals surface area (Å²) in [4.78, 5) is 32.6. The second-order valence-corrected chi connectivity index (χ2v) is 9.72. The minimum Gasteiger partial charge on any atom is -0.480 e. The Labute approximate surface area is 225 Å². The van der Waals surface area contributed by atoms with Gasteiger partial charge in [0.2, 0.25) is 5.91 Å². The average molecular weight is 510 g/mol. The largest absolute Gasteiger partial charge is 0.480 e. The molecule has 1 saturated heterocycles. The van der Waals surface area contributed by atoms with Gasteiger partial charge in [-0.15, -0.1) is 12.3 Å². The summed E-state index contributed by atoms with van der Waals surface area (Å²) in [5.74, 6) is 1.54. The Hall–Kier alpha value is -3.95. The molecule has 1 aliphatic carbocycles. The zero-order valence-corrected chi connectivity index (χ0v) is 21.7. The Morgan fingerprint density at radius 2 is 1.92 bits per heavy atom. The number of carbonyl (C=O) groups excluding carboxylic acids is 1. The summed E-state index contributed by atoms with van der Waals surface area (Å²) in [5.41, 5.74) is 3.98. The smallest absolute Gasteiger partial charge is 0.328 e. The van der Waals surface area contributed by atoms with Crippen molar-refractivity contribution in [3.8, 4) is 12.3 Å². The Bertz CT molecular complexity index is 1260. The number of hydrogen-bond acceptors (Lipinski definition) is 4. The number of unbranched alkanes of at least 4 members (excludes halogenated alkanes) is 1. The summed E-state index contributed by atoms with van der Waals surface area (Å²) in [6, 6.07) is 16.6. The average Bonchev–Trinajstić information content (AvgIpc) is 3.40. The number of aliphatic carboxylic acids is 1. The van der Waals surface area contributed by atoms with E-state index in [9.17, 15) is 14.7 Å². The molecular weight excluding hydrogens is 474 g/mol. The van der Waals surface area contributed by atoms with Crippen LogP contribution >= 0.6 is 0 Å². The fourth-order valence-electron chi connectivity index (χ4n) is 5.03. The van der Waals surface area contributed by atoms with Crippen molar-refractivity contribution in [2.45, 2.75) is 63.6 Å². The van der Waals surface area contributed by atoms with Gasteiger partial charge in [0.15, 0.2) is 0 Å². The number of carboxylic acid groups (broad SMARTS) is 1. The van der Waals surface area contributed by atoms with Crippen molar-refractivity contribution in [3.63, 3.8) is 0 Å². The van der Waals surface area contributed by atoms with Crippen molar-refractivity contribution in [2.75, 3.05) is 11.9 Å². The molecule has 0 aromatic heterocycles. The standard InChI is InChI=1S/C32H35N3O3/c1-2-3-6-20-28(32(37)38)33-30(25-16-9-5-10-17-25)26-18-11-12-19-27(26)34-31(36)29-21-13-22-35(29)23-24-14-7-4-8-15-24/h1,4,7-9,11-12,14-19,28-29H,3,5-6,10,13,20-23H2,(H,34,36)(H,37,38)/t28-,29+/m0/s1. The number of nitrogens with one attached hydrogen (secondary N) is 1. The summed E-state index contributed by atoms with van der Waals surface area (Å²) >= 11 is 0. The van der Waals surface area contributed by atoms with Crippen molar-refractivity contribution < 1.29 is 14.7 Å². The van der Waals surface area contributed by atoms with E-state index >= 15 is 0 Å². The number of likely N-dealkylation sites (tertiary alicyclic amines) is 1. The summed E-state index contributed by atoms with van der Waals surface area (Å²) in [7, 11) is 0. The topological polar surface area (TPSA) is 82.0 Å². The number of anilines is 1. The Morgan fingerprint density at radius 1 is 1.13 bits per heavy atom. The minimum absolute atomic E-state index is 0.0535. The summed E-state index contributed by atoms with van der Waals surface area (Å²) in [5, 5.41) is 13.1. The van der Waals surface area contributed by atoms with E-state index in [1.54, 1.807) is 0 Å². The lowest BCUT2D eigenvalue weighted by atomic mass is 9.95. The van der Waals surface area contributed by atoms with Gasteiger partial charge in [-0.05, 0) is 62.3 Å². The molecule has 1 aliphatic heterocycles. The van der Waals surface area contributed by atoms with Gasteiger partial charge in [-0.2, -0.15) is 0 Å². The van der Waals surface area contributed by atoms with Crippen LogP contribution < -0.4 is 5.32 Å². The van der Waals surface area contributed by atoms with E-state index in [1.807, 2.05) is 48.5 Å². The normalized spacial score (nSPS) is 18.4. The first-order chi connectivity index (χ1) is 18.6. The molecule has 2 atom stereocenters. The van der Waals surface area contributed by atoms with Crippen molar-refractivity contribution in [3.05, 3.63) is 89.5 Å². The Kier molecular flexibility index (Phi) is 9.66. The predicted molar refractivity (Wildman–Crippen MR) is 152 cm³/mol. The van der Waals surface area contributed by atoms with Gasteiger partial charge in [-0.3, -0.25) is 14.7 Å². The van der Waals surface area contributed by atoms with Crippen LogP contribution in [0.2, 0.25) is 0 Å². The number of rotatable bonds is 11. The molecule has 0 saturated carbocycles. The number of benzene rings is 2. The van der Waals surface area contributed by atoms with Crippen LogP contribution in [0.5, 0.6) is 0 Å². The van der Waals surface area contributed by atoms with Crippen LogP contribution in [-0.4, -0.2) is 46.2 Å². The predicted octanol–water partition coefficient (Wildman–Crippen LogP) is 5.61. The first kappa shape index (κ1) is 27.1. The van der Waals surface area contributed by atoms with Crippen molar-refractivity contribution in [1.82, 2.24) is 4.90 Å². The van der Waals surface area contributed by atoms with Gasteiger partial charge >= 0.3 is 5.97 Å². The van der Waals surface area contributed by atoms with Gasteiger partial charge in [-0.1, -0.05) is 66.8 Å². The van der Waals surface area contributed by atoms with Crippen LogP contribution in [0.15, 0.2) is 83.4 Å². The van der Waals surface area contributed by atoms with E-state index in [2.05, 4.69) is 40.4 Å². The highest BCUT2D eigenvalue weighted by Gasteiger charge is 2.31. The Balaban J connectivity index is 1.61. The van der Waals surface area contributed by atoms with Crippen molar-refractivity contribution >= 4 is 23.3 Å². The second kappa shape index (κ2) is 13.6. The zero-order chi connectivity index (χ0) is 26.7. The van der Waals surface area contributed by atoms with Crippen molar-refractivity contribution in [1.29, 1.82) is 0 Å². The first-order valence-electron chi connectivity index (χ1n) is 13.4. The fourth-order valence-corrected chi connectivity index (χ4v) is 5.03. The molecule has 1 heterocycles. The molecule has 0 unspecified atom stereocenters. The maximum absolute atomic E-state index is 13.5. The molecule has 6 nitrogen and oxygen atoms in total. The van der Waals surface area contributed by atoms with Gasteiger partial charge in [0, 0.05) is 18.5 Å². The highest BCUT2D eigenvalue weighted by molar-refractivity contribution is 6.19. The lowest BCUT2D eigenvalue weighted by Gasteiger charge is -2.24. The van der Waals surface area contributed by atoms with Crippen LogP contribution in [0.4, 0.5) is 5.69 Å². The maximum atomic E-state index is 13.5. The molecule has 0 bridgehead atoms. The van der Waals surface area contributed by atoms with Gasteiger partial charge in [-0.25, -0.2) is 4.79 Å². The maximum Gasteiger partial charge on any atom is 0.328 e. The van der Waals surface area contributed by atoms with E-state index in [4.69, 9.17) is 11.4 Å². The second-order valence-electron chi connectivity index (χ2n) is 9.72. The van der Waals surface area contributed by atoms with Gasteiger partial charge in [0.05, 0.1) is 17.4 Å². The molecule has 6 heteroatoms. The quantitative estimate of drug-likeness (QED) is 0.234. The molecule has 0 spiro atoms. The van der Waals surface area contributed by atoms with Crippen LogP contribution in [0.1, 0.15) is 56.1 Å². The van der Waals surface area contributed by atoms with Crippen LogP contribution in [0.25, 0.3) is 0 Å². The number of allylic oxidation sites excluding steroid dienone is 4. The third-order valence-corrected chi connectivity index (χ3v) is 6.97. The molecule has 38 heavy (non-hydrogen) atoms. The number of amides is 1. The zero-order valence-electron chi connectivity index (χ0n) is 21.7. The number of carboxylic acids is 1. The number of nitrogens with zero attached hydrogens (tertiary/aromatic N) is 2. The molecule has 2 aromatic carbocycles. The number of hydrogen-bond donors (Lipinski definition) is 2. The number of para-hydroxylation sites is 1. The lowest BCUT2D eigenvalue weighted by Crippen LogP contribution is -2.39. The van der Waals surface area contributed by atoms with Gasteiger partial charge < -0.3 is 10.4 Å². The van der Waals surface area contributed by atoms with Crippen LogP contribution in [-0.2, 0) is 16.1 Å². The lowest BCUT2D eigenvalue weighted by molar-refractivity contribution is -0.138. The number of aliphatic imine (C=N–C) groups is 1. The number of terminal acetylenes is 1. The molecule has 2 aliphatic rings. The van der Waals surface area contributed by atoms with Gasteiger partial charge in [0.25, 0.3) is 0 Å². The molecule has 1 amide bonds. The van der Waals surface area contributed by atoms with Gasteiger partial charge in [0.1, 0.15) is 6.04 Å². The van der Waals surface area contributed by atoms with E-state index in [-0.39, 0.29) is 11.9 Å². The third-order valence-electron chi connectivity index (χ3n) is 6.97.